The number of rotatable bonds is 3. The van der Waals surface area contributed by atoms with Gasteiger partial charge in [0.15, 0.2) is 0 Å². The first kappa shape index (κ1) is 18.6. The smallest absolute Gasteiger partial charge is 0.0273 e. The van der Waals surface area contributed by atoms with Crippen LogP contribution in [-0.2, 0) is 0 Å². The van der Waals surface area contributed by atoms with Gasteiger partial charge in [0.2, 0.25) is 0 Å². The minimum absolute atomic E-state index is 0. The van der Waals surface area contributed by atoms with E-state index in [1.165, 1.54) is 16.7 Å². The third-order valence-corrected chi connectivity index (χ3v) is 1.84. The molecule has 0 amide bonds. The summed E-state index contributed by atoms with van der Waals surface area (Å²) in [5.74, 6) is 0. The second-order valence-electron chi connectivity index (χ2n) is 3.27. The van der Waals surface area contributed by atoms with Crippen molar-refractivity contribution in [2.24, 2.45) is 0 Å². The van der Waals surface area contributed by atoms with Gasteiger partial charge >= 0.3 is 0 Å². The summed E-state index contributed by atoms with van der Waals surface area (Å²) in [5.41, 5.74) is 4.79. The van der Waals surface area contributed by atoms with E-state index >= 15 is 0 Å². The lowest BCUT2D eigenvalue weighted by molar-refractivity contribution is 0.824. The molecule has 0 saturated heterocycles. The molecule has 0 aliphatic rings. The van der Waals surface area contributed by atoms with Crippen molar-refractivity contribution in [3.05, 3.63) is 47.6 Å². The number of allylic oxidation sites excluding steroid dienone is 6. The lowest BCUT2D eigenvalue weighted by Gasteiger charge is -2.01. The standard InChI is InChI=1S/C12H18.H3N.H2O/c1-7-12(10(4)5)8-11(6)9(2)3;;/h7-8H,1-2H2,3-6H3;1H3;1H2/b11-8-;;. The molecular formula is C12H23NO. The molecule has 0 heterocycles. The SMILES string of the molecule is C=CC(/C=C(/C)C(=C)C)=C(C)C.N.O. The first-order chi connectivity index (χ1) is 5.49. The molecule has 0 atom stereocenters. The van der Waals surface area contributed by atoms with Gasteiger partial charge in [-0.15, -0.1) is 0 Å². The molecule has 0 aromatic carbocycles. The van der Waals surface area contributed by atoms with Crippen LogP contribution in [0.4, 0.5) is 0 Å². The first-order valence-corrected chi connectivity index (χ1v) is 4.13. The average molecular weight is 197 g/mol. The normalized spacial score (nSPS) is 9.29. The largest absolute Gasteiger partial charge is 0.412 e. The molecule has 0 aliphatic carbocycles. The van der Waals surface area contributed by atoms with Crippen molar-refractivity contribution < 1.29 is 5.48 Å². The predicted octanol–water partition coefficient (Wildman–Crippen LogP) is 3.37. The van der Waals surface area contributed by atoms with E-state index in [-0.39, 0.29) is 11.6 Å². The molecule has 0 rings (SSSR count). The fourth-order valence-electron chi connectivity index (χ4n) is 0.764. The summed E-state index contributed by atoms with van der Waals surface area (Å²) in [4.78, 5) is 0. The fourth-order valence-corrected chi connectivity index (χ4v) is 0.764. The van der Waals surface area contributed by atoms with E-state index in [0.717, 1.165) is 5.57 Å². The Labute approximate surface area is 87.6 Å². The van der Waals surface area contributed by atoms with E-state index < -0.39 is 0 Å². The van der Waals surface area contributed by atoms with Crippen LogP contribution in [0.5, 0.6) is 0 Å². The molecule has 82 valence electrons. The summed E-state index contributed by atoms with van der Waals surface area (Å²) in [5, 5.41) is 0. The molecular weight excluding hydrogens is 174 g/mol. The summed E-state index contributed by atoms with van der Waals surface area (Å²) in [7, 11) is 0. The Hall–Kier alpha value is -1.12. The monoisotopic (exact) mass is 197 g/mol. The summed E-state index contributed by atoms with van der Waals surface area (Å²) < 4.78 is 0. The molecule has 0 fully saturated rings. The molecule has 5 N–H and O–H groups in total. The Kier molecular flexibility index (Phi) is 11.3. The lowest BCUT2D eigenvalue weighted by atomic mass is 10.0. The van der Waals surface area contributed by atoms with Crippen molar-refractivity contribution >= 4 is 0 Å². The van der Waals surface area contributed by atoms with Crippen LogP contribution in [0.15, 0.2) is 47.6 Å². The number of hydrogen-bond donors (Lipinski definition) is 1. The molecule has 0 aliphatic heterocycles. The maximum Gasteiger partial charge on any atom is -0.0273 e. The molecule has 0 aromatic heterocycles. The quantitative estimate of drug-likeness (QED) is 0.692. The minimum Gasteiger partial charge on any atom is -0.412 e. The predicted molar refractivity (Wildman–Crippen MR) is 65.8 cm³/mol. The summed E-state index contributed by atoms with van der Waals surface area (Å²) in [6.07, 6.45) is 3.99. The van der Waals surface area contributed by atoms with E-state index in [1.54, 1.807) is 0 Å². The zero-order valence-electron chi connectivity index (χ0n) is 9.78. The second kappa shape index (κ2) is 8.48. The van der Waals surface area contributed by atoms with Crippen LogP contribution in [0, 0.1) is 0 Å². The molecule has 0 saturated carbocycles. The Morgan fingerprint density at radius 1 is 1.07 bits per heavy atom. The lowest BCUT2D eigenvalue weighted by Crippen LogP contribution is -1.81. The van der Waals surface area contributed by atoms with Crippen molar-refractivity contribution in [1.82, 2.24) is 6.15 Å². The first-order valence-electron chi connectivity index (χ1n) is 4.13. The van der Waals surface area contributed by atoms with Gasteiger partial charge < -0.3 is 11.6 Å². The molecule has 0 radical (unpaired) electrons. The number of hydrogen-bond acceptors (Lipinski definition) is 1. The van der Waals surface area contributed by atoms with Crippen LogP contribution >= 0.6 is 0 Å². The van der Waals surface area contributed by atoms with Gasteiger partial charge in [-0.05, 0) is 38.8 Å². The van der Waals surface area contributed by atoms with Gasteiger partial charge in [0.1, 0.15) is 0 Å². The Morgan fingerprint density at radius 2 is 1.50 bits per heavy atom. The molecule has 14 heavy (non-hydrogen) atoms. The second-order valence-corrected chi connectivity index (χ2v) is 3.27. The highest BCUT2D eigenvalue weighted by Crippen LogP contribution is 2.13. The van der Waals surface area contributed by atoms with E-state index in [0.29, 0.717) is 0 Å². The summed E-state index contributed by atoms with van der Waals surface area (Å²) in [6.45, 7) is 15.9. The Morgan fingerprint density at radius 3 is 1.71 bits per heavy atom. The highest BCUT2D eigenvalue weighted by Gasteiger charge is 1.92. The van der Waals surface area contributed by atoms with Crippen LogP contribution in [-0.4, -0.2) is 5.48 Å². The van der Waals surface area contributed by atoms with Crippen LogP contribution in [0.2, 0.25) is 0 Å². The van der Waals surface area contributed by atoms with Gasteiger partial charge in [0.05, 0.1) is 0 Å². The minimum atomic E-state index is 0. The third-order valence-electron chi connectivity index (χ3n) is 1.84. The van der Waals surface area contributed by atoms with E-state index in [9.17, 15) is 0 Å². The molecule has 0 unspecified atom stereocenters. The van der Waals surface area contributed by atoms with Gasteiger partial charge in [-0.25, -0.2) is 0 Å². The third kappa shape index (κ3) is 6.40. The van der Waals surface area contributed by atoms with Crippen molar-refractivity contribution in [3.8, 4) is 0 Å². The van der Waals surface area contributed by atoms with Crippen molar-refractivity contribution in [2.75, 3.05) is 0 Å². The fraction of sp³-hybridized carbons (Fsp3) is 0.333. The molecule has 0 spiro atoms. The van der Waals surface area contributed by atoms with Crippen LogP contribution < -0.4 is 6.15 Å². The Balaban J connectivity index is -0.000000605. The van der Waals surface area contributed by atoms with E-state index in [2.05, 4.69) is 40.0 Å². The Bertz CT molecular complexity index is 255. The van der Waals surface area contributed by atoms with Crippen LogP contribution in [0.25, 0.3) is 0 Å². The van der Waals surface area contributed by atoms with Crippen LogP contribution in [0.1, 0.15) is 27.7 Å². The molecule has 2 heteroatoms. The molecule has 0 aromatic rings. The molecule has 2 nitrogen and oxygen atoms in total. The van der Waals surface area contributed by atoms with Crippen molar-refractivity contribution in [2.45, 2.75) is 27.7 Å². The van der Waals surface area contributed by atoms with Crippen molar-refractivity contribution in [1.29, 1.82) is 0 Å². The van der Waals surface area contributed by atoms with Gasteiger partial charge in [-0.3, -0.25) is 0 Å². The van der Waals surface area contributed by atoms with Gasteiger partial charge in [-0.2, -0.15) is 0 Å². The van der Waals surface area contributed by atoms with Gasteiger partial charge in [-0.1, -0.05) is 36.5 Å². The van der Waals surface area contributed by atoms with Crippen LogP contribution in [0.3, 0.4) is 0 Å². The maximum atomic E-state index is 3.88. The van der Waals surface area contributed by atoms with Gasteiger partial charge in [0.25, 0.3) is 0 Å². The summed E-state index contributed by atoms with van der Waals surface area (Å²) in [6, 6.07) is 0. The zero-order valence-corrected chi connectivity index (χ0v) is 9.78. The summed E-state index contributed by atoms with van der Waals surface area (Å²) >= 11 is 0. The highest BCUT2D eigenvalue weighted by molar-refractivity contribution is 5.40. The molecule has 0 bridgehead atoms. The van der Waals surface area contributed by atoms with E-state index in [1.807, 2.05) is 13.0 Å². The van der Waals surface area contributed by atoms with Crippen molar-refractivity contribution in [3.63, 3.8) is 0 Å². The van der Waals surface area contributed by atoms with Gasteiger partial charge in [0, 0.05) is 0 Å². The maximum absolute atomic E-state index is 3.88. The zero-order chi connectivity index (χ0) is 9.72. The highest BCUT2D eigenvalue weighted by atomic mass is 16.0. The van der Waals surface area contributed by atoms with E-state index in [4.69, 9.17) is 0 Å². The average Bonchev–Trinajstić information content (AvgIpc) is 1.98. The topological polar surface area (TPSA) is 66.5 Å².